The van der Waals surface area contributed by atoms with E-state index in [1.807, 2.05) is 25.1 Å². The first-order valence-electron chi connectivity index (χ1n) is 4.94. The fraction of sp³-hybridized carbons (Fsp3) is 0.250. The van der Waals surface area contributed by atoms with Gasteiger partial charge in [0.2, 0.25) is 0 Å². The number of hydrogen-bond donors (Lipinski definition) is 1. The minimum absolute atomic E-state index is 0.00726. The standard InChI is InChI=1S/C12H14N2O/c1-9-3-4-12(10(2)7-9)14-11(8-15)5-6-13-14/h3-7,15H,8H2,1-2H3. The van der Waals surface area contributed by atoms with Gasteiger partial charge in [-0.1, -0.05) is 17.7 Å². The number of aryl methyl sites for hydroxylation is 2. The summed E-state index contributed by atoms with van der Waals surface area (Å²) in [7, 11) is 0. The first kappa shape index (κ1) is 9.93. The zero-order valence-electron chi connectivity index (χ0n) is 8.94. The maximum absolute atomic E-state index is 9.15. The van der Waals surface area contributed by atoms with Crippen molar-refractivity contribution in [3.8, 4) is 5.69 Å². The zero-order chi connectivity index (χ0) is 10.8. The van der Waals surface area contributed by atoms with Gasteiger partial charge in [0.25, 0.3) is 0 Å². The Bertz CT molecular complexity index is 474. The van der Waals surface area contributed by atoms with Crippen molar-refractivity contribution in [1.29, 1.82) is 0 Å². The number of aliphatic hydroxyl groups excluding tert-OH is 1. The minimum atomic E-state index is 0.00726. The lowest BCUT2D eigenvalue weighted by atomic mass is 10.1. The van der Waals surface area contributed by atoms with Crippen molar-refractivity contribution in [1.82, 2.24) is 9.78 Å². The van der Waals surface area contributed by atoms with E-state index in [0.717, 1.165) is 16.9 Å². The lowest BCUT2D eigenvalue weighted by Crippen LogP contribution is -2.03. The summed E-state index contributed by atoms with van der Waals surface area (Å²) in [5.41, 5.74) is 4.22. The number of nitrogens with zero attached hydrogens (tertiary/aromatic N) is 2. The molecular weight excluding hydrogens is 188 g/mol. The normalized spacial score (nSPS) is 10.6. The van der Waals surface area contributed by atoms with Gasteiger partial charge >= 0.3 is 0 Å². The molecule has 1 N–H and O–H groups in total. The van der Waals surface area contributed by atoms with E-state index in [-0.39, 0.29) is 6.61 Å². The molecule has 0 amide bonds. The van der Waals surface area contributed by atoms with Crippen LogP contribution in [0.1, 0.15) is 16.8 Å². The van der Waals surface area contributed by atoms with Crippen LogP contribution in [-0.2, 0) is 6.61 Å². The number of aliphatic hydroxyl groups is 1. The molecule has 0 bridgehead atoms. The largest absolute Gasteiger partial charge is 0.390 e. The SMILES string of the molecule is Cc1ccc(-n2nccc2CO)c(C)c1. The van der Waals surface area contributed by atoms with Gasteiger partial charge < -0.3 is 5.11 Å². The maximum atomic E-state index is 9.15. The Labute approximate surface area is 89.0 Å². The first-order chi connectivity index (χ1) is 7.22. The second-order valence-electron chi connectivity index (χ2n) is 3.68. The Morgan fingerprint density at radius 1 is 1.27 bits per heavy atom. The average molecular weight is 202 g/mol. The third-order valence-corrected chi connectivity index (χ3v) is 2.46. The fourth-order valence-electron chi connectivity index (χ4n) is 1.71. The van der Waals surface area contributed by atoms with E-state index in [4.69, 9.17) is 5.11 Å². The molecule has 0 saturated carbocycles. The van der Waals surface area contributed by atoms with E-state index in [1.165, 1.54) is 5.56 Å². The topological polar surface area (TPSA) is 38.0 Å². The molecule has 1 aromatic carbocycles. The van der Waals surface area contributed by atoms with Crippen LogP contribution in [0.4, 0.5) is 0 Å². The second-order valence-corrected chi connectivity index (χ2v) is 3.68. The van der Waals surface area contributed by atoms with Gasteiger partial charge in [-0.25, -0.2) is 4.68 Å². The summed E-state index contributed by atoms with van der Waals surface area (Å²) in [5.74, 6) is 0. The van der Waals surface area contributed by atoms with Crippen LogP contribution < -0.4 is 0 Å². The maximum Gasteiger partial charge on any atom is 0.0854 e. The van der Waals surface area contributed by atoms with Gasteiger partial charge in [-0.2, -0.15) is 5.10 Å². The summed E-state index contributed by atoms with van der Waals surface area (Å²) in [4.78, 5) is 0. The van der Waals surface area contributed by atoms with Gasteiger partial charge in [0.15, 0.2) is 0 Å². The molecule has 0 saturated heterocycles. The van der Waals surface area contributed by atoms with Gasteiger partial charge in [0.05, 0.1) is 18.0 Å². The highest BCUT2D eigenvalue weighted by atomic mass is 16.3. The predicted molar refractivity (Wildman–Crippen MR) is 59.0 cm³/mol. The highest BCUT2D eigenvalue weighted by molar-refractivity contribution is 5.42. The number of benzene rings is 1. The summed E-state index contributed by atoms with van der Waals surface area (Å²) in [6.07, 6.45) is 1.70. The van der Waals surface area contributed by atoms with E-state index < -0.39 is 0 Å². The first-order valence-corrected chi connectivity index (χ1v) is 4.94. The van der Waals surface area contributed by atoms with Crippen LogP contribution in [0.2, 0.25) is 0 Å². The molecule has 0 atom stereocenters. The Morgan fingerprint density at radius 2 is 2.07 bits per heavy atom. The van der Waals surface area contributed by atoms with Crippen molar-refractivity contribution >= 4 is 0 Å². The molecular formula is C12H14N2O. The quantitative estimate of drug-likeness (QED) is 0.808. The predicted octanol–water partition coefficient (Wildman–Crippen LogP) is 1.98. The molecule has 2 aromatic rings. The molecule has 3 nitrogen and oxygen atoms in total. The number of rotatable bonds is 2. The van der Waals surface area contributed by atoms with Crippen LogP contribution in [0.25, 0.3) is 5.69 Å². The van der Waals surface area contributed by atoms with Gasteiger partial charge in [0.1, 0.15) is 0 Å². The van der Waals surface area contributed by atoms with Crippen molar-refractivity contribution in [3.63, 3.8) is 0 Å². The lowest BCUT2D eigenvalue weighted by molar-refractivity contribution is 0.273. The van der Waals surface area contributed by atoms with Crippen molar-refractivity contribution in [3.05, 3.63) is 47.3 Å². The molecule has 0 aliphatic rings. The summed E-state index contributed by atoms with van der Waals surface area (Å²) in [6.45, 7) is 4.12. The highest BCUT2D eigenvalue weighted by Crippen LogP contribution is 2.16. The number of aromatic nitrogens is 2. The molecule has 15 heavy (non-hydrogen) atoms. The van der Waals surface area contributed by atoms with E-state index in [1.54, 1.807) is 10.9 Å². The molecule has 0 aliphatic heterocycles. The Balaban J connectivity index is 2.54. The summed E-state index contributed by atoms with van der Waals surface area (Å²) in [6, 6.07) is 8.00. The van der Waals surface area contributed by atoms with Crippen molar-refractivity contribution in [2.24, 2.45) is 0 Å². The fourth-order valence-corrected chi connectivity index (χ4v) is 1.71. The molecule has 0 radical (unpaired) electrons. The van der Waals surface area contributed by atoms with Gasteiger partial charge in [-0.3, -0.25) is 0 Å². The zero-order valence-corrected chi connectivity index (χ0v) is 8.94. The monoisotopic (exact) mass is 202 g/mol. The summed E-state index contributed by atoms with van der Waals surface area (Å²) >= 11 is 0. The summed E-state index contributed by atoms with van der Waals surface area (Å²) in [5, 5.41) is 13.4. The summed E-state index contributed by atoms with van der Waals surface area (Å²) < 4.78 is 1.77. The highest BCUT2D eigenvalue weighted by Gasteiger charge is 2.06. The van der Waals surface area contributed by atoms with Crippen LogP contribution in [-0.4, -0.2) is 14.9 Å². The van der Waals surface area contributed by atoms with Crippen molar-refractivity contribution in [2.45, 2.75) is 20.5 Å². The molecule has 1 heterocycles. The van der Waals surface area contributed by atoms with Gasteiger partial charge in [-0.15, -0.1) is 0 Å². The van der Waals surface area contributed by atoms with Gasteiger partial charge in [-0.05, 0) is 31.5 Å². The van der Waals surface area contributed by atoms with Crippen LogP contribution in [0.5, 0.6) is 0 Å². The molecule has 78 valence electrons. The molecule has 0 spiro atoms. The molecule has 0 fully saturated rings. The van der Waals surface area contributed by atoms with E-state index in [0.29, 0.717) is 0 Å². The molecule has 0 aliphatic carbocycles. The molecule has 0 unspecified atom stereocenters. The van der Waals surface area contributed by atoms with E-state index in [9.17, 15) is 0 Å². The van der Waals surface area contributed by atoms with Crippen molar-refractivity contribution in [2.75, 3.05) is 0 Å². The number of hydrogen-bond acceptors (Lipinski definition) is 2. The minimum Gasteiger partial charge on any atom is -0.390 e. The van der Waals surface area contributed by atoms with Crippen molar-refractivity contribution < 1.29 is 5.11 Å². The van der Waals surface area contributed by atoms with E-state index >= 15 is 0 Å². The smallest absolute Gasteiger partial charge is 0.0854 e. The van der Waals surface area contributed by atoms with E-state index in [2.05, 4.69) is 18.1 Å². The van der Waals surface area contributed by atoms with Crippen LogP contribution in [0, 0.1) is 13.8 Å². The third-order valence-electron chi connectivity index (χ3n) is 2.46. The van der Waals surface area contributed by atoms with Gasteiger partial charge in [0, 0.05) is 6.20 Å². The molecule has 2 rings (SSSR count). The Hall–Kier alpha value is -1.61. The average Bonchev–Trinajstić information content (AvgIpc) is 2.65. The molecule has 1 aromatic heterocycles. The van der Waals surface area contributed by atoms with Crippen LogP contribution >= 0.6 is 0 Å². The molecule has 3 heteroatoms. The Kier molecular flexibility index (Phi) is 2.56. The van der Waals surface area contributed by atoms with Crippen LogP contribution in [0.15, 0.2) is 30.5 Å². The second kappa shape index (κ2) is 3.87. The third kappa shape index (κ3) is 1.78. The lowest BCUT2D eigenvalue weighted by Gasteiger charge is -2.09. The van der Waals surface area contributed by atoms with Crippen LogP contribution in [0.3, 0.4) is 0 Å². The Morgan fingerprint density at radius 3 is 2.73 bits per heavy atom.